The molecule has 0 rings (SSSR count). The first-order valence-electron chi connectivity index (χ1n) is 2.09. The van der Waals surface area contributed by atoms with Crippen molar-refractivity contribution in [1.29, 1.82) is 5.41 Å². The van der Waals surface area contributed by atoms with Gasteiger partial charge in [0.05, 0.1) is 0 Å². The minimum absolute atomic E-state index is 0.333. The summed E-state index contributed by atoms with van der Waals surface area (Å²) in [5.74, 6) is -0.710. The highest BCUT2D eigenvalue weighted by Crippen LogP contribution is 1.96. The molecule has 0 aromatic carbocycles. The van der Waals surface area contributed by atoms with E-state index in [4.69, 9.17) is 29.0 Å². The molecule has 0 heterocycles. The van der Waals surface area contributed by atoms with Gasteiger partial charge in [-0.05, 0) is 0 Å². The quantitative estimate of drug-likeness (QED) is 0.282. The molecule has 7 heteroatoms. The number of hydrogen-bond donors (Lipinski definition) is 3. The van der Waals surface area contributed by atoms with Crippen molar-refractivity contribution in [3.63, 3.8) is 0 Å². The Labute approximate surface area is 68.6 Å². The van der Waals surface area contributed by atoms with Crippen LogP contribution in [0.5, 0.6) is 0 Å². The van der Waals surface area contributed by atoms with E-state index in [9.17, 15) is 4.79 Å². The first-order chi connectivity index (χ1) is 4.37. The third-order valence-electron chi connectivity index (χ3n) is 0.238. The SMILES string of the molecule is CC(=O)N(Cl)Cl.N=C(N)N. The van der Waals surface area contributed by atoms with E-state index in [1.165, 1.54) is 6.92 Å². The zero-order chi connectivity index (χ0) is 8.73. The molecule has 0 aromatic rings. The minimum Gasteiger partial charge on any atom is -0.370 e. The molecule has 0 spiro atoms. The van der Waals surface area contributed by atoms with Gasteiger partial charge in [-0.2, -0.15) is 3.94 Å². The van der Waals surface area contributed by atoms with E-state index in [1.54, 1.807) is 0 Å². The maximum Gasteiger partial charge on any atom is 0.248 e. The highest BCUT2D eigenvalue weighted by atomic mass is 35.5. The second-order valence-electron chi connectivity index (χ2n) is 1.21. The number of nitrogens with one attached hydrogen (secondary N) is 1. The Kier molecular flexibility index (Phi) is 7.75. The number of guanidine groups is 1. The Balaban J connectivity index is 0. The molecule has 0 bridgehead atoms. The molecule has 0 aliphatic heterocycles. The van der Waals surface area contributed by atoms with Crippen molar-refractivity contribution in [1.82, 2.24) is 3.94 Å². The summed E-state index contributed by atoms with van der Waals surface area (Å²) in [4.78, 5) is 9.81. The van der Waals surface area contributed by atoms with Crippen LogP contribution in [0.4, 0.5) is 0 Å². The lowest BCUT2D eigenvalue weighted by molar-refractivity contribution is -0.121. The average molecular weight is 187 g/mol. The Bertz CT molecular complexity index is 122. The molecule has 60 valence electrons. The van der Waals surface area contributed by atoms with Gasteiger partial charge in [-0.15, -0.1) is 0 Å². The van der Waals surface area contributed by atoms with E-state index in [1.807, 2.05) is 0 Å². The smallest absolute Gasteiger partial charge is 0.248 e. The maximum atomic E-state index is 9.81. The van der Waals surface area contributed by atoms with Gasteiger partial charge in [0.25, 0.3) is 0 Å². The maximum absolute atomic E-state index is 9.81. The van der Waals surface area contributed by atoms with E-state index in [0.29, 0.717) is 3.94 Å². The average Bonchev–Trinajstić information content (AvgIpc) is 1.63. The van der Waals surface area contributed by atoms with E-state index < -0.39 is 0 Å². The zero-order valence-corrected chi connectivity index (χ0v) is 6.78. The van der Waals surface area contributed by atoms with Crippen LogP contribution < -0.4 is 11.5 Å². The zero-order valence-electron chi connectivity index (χ0n) is 5.27. The normalized spacial score (nSPS) is 7.10. The first-order valence-corrected chi connectivity index (χ1v) is 2.77. The molecular formula is C3H8Cl2N4O. The lowest BCUT2D eigenvalue weighted by Crippen LogP contribution is -2.20. The summed E-state index contributed by atoms with van der Waals surface area (Å²) in [6.45, 7) is 1.26. The van der Waals surface area contributed by atoms with Crippen molar-refractivity contribution in [3.05, 3.63) is 0 Å². The Morgan fingerprint density at radius 2 is 1.60 bits per heavy atom. The van der Waals surface area contributed by atoms with Gasteiger partial charge in [-0.3, -0.25) is 10.2 Å². The molecule has 10 heavy (non-hydrogen) atoms. The number of carbonyl (C=O) groups is 1. The van der Waals surface area contributed by atoms with Crippen LogP contribution in [-0.4, -0.2) is 15.8 Å². The Hall–Kier alpha value is -0.680. The number of halogens is 2. The Morgan fingerprint density at radius 1 is 1.50 bits per heavy atom. The van der Waals surface area contributed by atoms with Crippen LogP contribution in [0, 0.1) is 5.41 Å². The van der Waals surface area contributed by atoms with Gasteiger partial charge in [0.2, 0.25) is 5.91 Å². The fourth-order valence-corrected chi connectivity index (χ4v) is 0. The van der Waals surface area contributed by atoms with Crippen molar-refractivity contribution in [3.8, 4) is 0 Å². The van der Waals surface area contributed by atoms with Crippen LogP contribution in [0.3, 0.4) is 0 Å². The second kappa shape index (κ2) is 6.44. The fourth-order valence-electron chi connectivity index (χ4n) is 0. The number of nitrogens with zero attached hydrogens (tertiary/aromatic N) is 1. The molecule has 0 saturated carbocycles. The predicted molar refractivity (Wildman–Crippen MR) is 40.3 cm³/mol. The fraction of sp³-hybridized carbons (Fsp3) is 0.333. The van der Waals surface area contributed by atoms with E-state index in [0.717, 1.165) is 0 Å². The molecule has 5 N–H and O–H groups in total. The topological polar surface area (TPSA) is 96.2 Å². The van der Waals surface area contributed by atoms with Crippen molar-refractivity contribution < 1.29 is 4.79 Å². The molecule has 0 aliphatic carbocycles. The number of amides is 1. The second-order valence-corrected chi connectivity index (χ2v) is 2.06. The lowest BCUT2D eigenvalue weighted by Gasteiger charge is -1.92. The minimum atomic E-state index is -0.377. The van der Waals surface area contributed by atoms with E-state index >= 15 is 0 Å². The van der Waals surface area contributed by atoms with Crippen molar-refractivity contribution in [2.24, 2.45) is 11.5 Å². The number of carbonyl (C=O) groups excluding carboxylic acids is 1. The summed E-state index contributed by atoms with van der Waals surface area (Å²) in [6.07, 6.45) is 0. The molecule has 0 fully saturated rings. The molecule has 0 atom stereocenters. The highest BCUT2D eigenvalue weighted by molar-refractivity contribution is 6.41. The molecule has 0 radical (unpaired) electrons. The summed E-state index contributed by atoms with van der Waals surface area (Å²) in [5.41, 5.74) is 8.94. The third-order valence-corrected chi connectivity index (χ3v) is 0.714. The molecular weight excluding hydrogens is 179 g/mol. The molecule has 5 nitrogen and oxygen atoms in total. The number of rotatable bonds is 0. The molecule has 1 amide bonds. The Morgan fingerprint density at radius 3 is 1.60 bits per heavy atom. The van der Waals surface area contributed by atoms with E-state index in [2.05, 4.69) is 11.5 Å². The van der Waals surface area contributed by atoms with Crippen LogP contribution in [0.25, 0.3) is 0 Å². The molecule has 0 unspecified atom stereocenters. The van der Waals surface area contributed by atoms with Crippen LogP contribution in [0.2, 0.25) is 0 Å². The van der Waals surface area contributed by atoms with Crippen LogP contribution in [-0.2, 0) is 4.79 Å². The monoisotopic (exact) mass is 186 g/mol. The number of nitrogens with two attached hydrogens (primary N) is 2. The van der Waals surface area contributed by atoms with Crippen molar-refractivity contribution in [2.45, 2.75) is 6.92 Å². The molecule has 0 saturated heterocycles. The summed E-state index contributed by atoms with van der Waals surface area (Å²) in [6, 6.07) is 0. The van der Waals surface area contributed by atoms with Gasteiger partial charge in [0.15, 0.2) is 5.96 Å². The lowest BCUT2D eigenvalue weighted by atomic mass is 10.8. The van der Waals surface area contributed by atoms with E-state index in [-0.39, 0.29) is 11.9 Å². The van der Waals surface area contributed by atoms with Crippen molar-refractivity contribution >= 4 is 35.4 Å². The summed E-state index contributed by atoms with van der Waals surface area (Å²) < 4.78 is 0.472. The summed E-state index contributed by atoms with van der Waals surface area (Å²) in [5, 5.41) is 6.06. The summed E-state index contributed by atoms with van der Waals surface area (Å²) in [7, 11) is 0. The van der Waals surface area contributed by atoms with Crippen LogP contribution in [0.15, 0.2) is 0 Å². The largest absolute Gasteiger partial charge is 0.370 e. The first kappa shape index (κ1) is 12.0. The van der Waals surface area contributed by atoms with Gasteiger partial charge in [-0.25, -0.2) is 0 Å². The molecule has 0 aromatic heterocycles. The predicted octanol–water partition coefficient (Wildman–Crippen LogP) is -0.0189. The van der Waals surface area contributed by atoms with Gasteiger partial charge >= 0.3 is 0 Å². The van der Waals surface area contributed by atoms with Gasteiger partial charge in [0.1, 0.15) is 0 Å². The molecule has 0 aliphatic rings. The highest BCUT2D eigenvalue weighted by Gasteiger charge is 1.94. The number of hydrogen-bond acceptors (Lipinski definition) is 2. The third kappa shape index (κ3) is 26.5. The van der Waals surface area contributed by atoms with Gasteiger partial charge in [0, 0.05) is 30.5 Å². The summed E-state index contributed by atoms with van der Waals surface area (Å²) >= 11 is 9.72. The van der Waals surface area contributed by atoms with Crippen molar-refractivity contribution in [2.75, 3.05) is 0 Å². The van der Waals surface area contributed by atoms with Gasteiger partial charge in [-0.1, -0.05) is 0 Å². The van der Waals surface area contributed by atoms with Gasteiger partial charge < -0.3 is 11.5 Å². The standard InChI is InChI=1S/C2H3Cl2NO.CH5N3/c1-2(6)5(3)4;2-1(3)4/h1H3;(H5,2,3,4). The van der Waals surface area contributed by atoms with Crippen LogP contribution in [0.1, 0.15) is 6.92 Å². The van der Waals surface area contributed by atoms with Crippen LogP contribution >= 0.6 is 23.6 Å².